The fourth-order valence-electron chi connectivity index (χ4n) is 5.86. The first-order chi connectivity index (χ1) is 22.1. The Morgan fingerprint density at radius 2 is 1.49 bits per heavy atom. The number of rotatable bonds is 9. The number of pyridine rings is 1. The van der Waals surface area contributed by atoms with Crippen molar-refractivity contribution in [1.82, 2.24) is 14.8 Å². The van der Waals surface area contributed by atoms with Crippen LogP contribution in [-0.2, 0) is 13.1 Å². The molecular formula is C37H31ClN4O3. The quantitative estimate of drug-likeness (QED) is 0.175. The predicted octanol–water partition coefficient (Wildman–Crippen LogP) is 8.74. The first kappa shape index (κ1) is 28.5. The third-order valence-corrected chi connectivity index (χ3v) is 8.40. The van der Waals surface area contributed by atoms with Gasteiger partial charge in [0.05, 0.1) is 51.2 Å². The molecule has 5 aromatic carbocycles. The van der Waals surface area contributed by atoms with Gasteiger partial charge in [0, 0.05) is 27.0 Å². The van der Waals surface area contributed by atoms with Gasteiger partial charge in [-0.2, -0.15) is 5.10 Å². The minimum Gasteiger partial charge on any atom is -0.497 e. The van der Waals surface area contributed by atoms with E-state index in [-0.39, 0.29) is 0 Å². The molecule has 8 heteroatoms. The van der Waals surface area contributed by atoms with Crippen LogP contribution in [0.25, 0.3) is 43.8 Å². The standard InChI is InChI=1S/C37H31ClN4O3/c1-43-27-12-8-9-23(17-27)22-42-37-35(32(41-42)21-39-26-16-15-24-10-4-5-11-25(24)18-26)29-19-33(44-2)34(45-3)20-30(29)36(40-37)28-13-6-7-14-31(28)38/h4-20,39H,21-22H2,1-3H3. The number of nitrogens with one attached hydrogen (secondary N) is 1. The highest BCUT2D eigenvalue weighted by Gasteiger charge is 2.22. The zero-order valence-electron chi connectivity index (χ0n) is 25.2. The molecule has 45 heavy (non-hydrogen) atoms. The van der Waals surface area contributed by atoms with Crippen LogP contribution in [0.5, 0.6) is 17.2 Å². The number of aromatic nitrogens is 3. The Bertz CT molecular complexity index is 2190. The Labute approximate surface area is 265 Å². The van der Waals surface area contributed by atoms with E-state index in [2.05, 4.69) is 53.8 Å². The van der Waals surface area contributed by atoms with Gasteiger partial charge in [0.1, 0.15) is 5.75 Å². The molecular weight excluding hydrogens is 584 g/mol. The topological polar surface area (TPSA) is 70.4 Å². The summed E-state index contributed by atoms with van der Waals surface area (Å²) in [5.74, 6) is 2.02. The van der Waals surface area contributed by atoms with Crippen LogP contribution in [0.4, 0.5) is 5.69 Å². The average Bonchev–Trinajstić information content (AvgIpc) is 3.43. The lowest BCUT2D eigenvalue weighted by atomic mass is 10.00. The smallest absolute Gasteiger partial charge is 0.161 e. The van der Waals surface area contributed by atoms with Gasteiger partial charge in [0.25, 0.3) is 0 Å². The first-order valence-corrected chi connectivity index (χ1v) is 15.0. The normalized spacial score (nSPS) is 11.3. The number of benzene rings is 5. The number of halogens is 1. The second kappa shape index (κ2) is 12.0. The van der Waals surface area contributed by atoms with Crippen LogP contribution in [0.3, 0.4) is 0 Å². The zero-order chi connectivity index (χ0) is 30.9. The molecule has 0 spiro atoms. The Morgan fingerprint density at radius 3 is 2.27 bits per heavy atom. The first-order valence-electron chi connectivity index (χ1n) is 14.6. The van der Waals surface area contributed by atoms with Crippen LogP contribution in [0.1, 0.15) is 11.3 Å². The molecule has 0 aliphatic carbocycles. The molecule has 0 saturated carbocycles. The molecule has 1 N–H and O–H groups in total. The van der Waals surface area contributed by atoms with Crippen molar-refractivity contribution in [2.24, 2.45) is 0 Å². The van der Waals surface area contributed by atoms with Crippen molar-refractivity contribution in [3.63, 3.8) is 0 Å². The van der Waals surface area contributed by atoms with Crippen LogP contribution in [0.2, 0.25) is 5.02 Å². The van der Waals surface area contributed by atoms with Crippen LogP contribution in [0.15, 0.2) is 103 Å². The maximum absolute atomic E-state index is 6.77. The summed E-state index contributed by atoms with van der Waals surface area (Å²) in [7, 11) is 4.95. The van der Waals surface area contributed by atoms with Crippen molar-refractivity contribution >= 4 is 49.9 Å². The van der Waals surface area contributed by atoms with Gasteiger partial charge in [-0.05, 0) is 58.8 Å². The summed E-state index contributed by atoms with van der Waals surface area (Å²) in [6, 6.07) is 34.4. The molecule has 0 fully saturated rings. The molecule has 0 unspecified atom stereocenters. The van der Waals surface area contributed by atoms with E-state index >= 15 is 0 Å². The van der Waals surface area contributed by atoms with E-state index in [9.17, 15) is 0 Å². The van der Waals surface area contributed by atoms with Gasteiger partial charge in [-0.1, -0.05) is 72.3 Å². The fourth-order valence-corrected chi connectivity index (χ4v) is 6.09. The molecule has 0 amide bonds. The SMILES string of the molecule is COc1cccc(Cn2nc(CNc3ccc4ccccc4c3)c3c4cc(OC)c(OC)cc4c(-c4ccccc4Cl)nc32)c1. The van der Waals surface area contributed by atoms with Crippen LogP contribution in [0, 0.1) is 0 Å². The second-order valence-electron chi connectivity index (χ2n) is 10.8. The highest BCUT2D eigenvalue weighted by molar-refractivity contribution is 6.33. The van der Waals surface area contributed by atoms with Crippen LogP contribution >= 0.6 is 11.6 Å². The molecule has 7 aromatic rings. The molecule has 0 bridgehead atoms. The molecule has 7 nitrogen and oxygen atoms in total. The number of hydrogen-bond donors (Lipinski definition) is 1. The molecule has 7 rings (SSSR count). The van der Waals surface area contributed by atoms with Crippen LogP contribution in [-0.4, -0.2) is 36.1 Å². The lowest BCUT2D eigenvalue weighted by molar-refractivity contribution is 0.356. The Morgan fingerprint density at radius 1 is 0.733 bits per heavy atom. The van der Waals surface area contributed by atoms with Crippen molar-refractivity contribution in [3.8, 4) is 28.5 Å². The molecule has 0 radical (unpaired) electrons. The molecule has 0 atom stereocenters. The summed E-state index contributed by atoms with van der Waals surface area (Å²) in [5, 5.41) is 14.5. The van der Waals surface area contributed by atoms with Crippen LogP contribution < -0.4 is 19.5 Å². The Kier molecular flexibility index (Phi) is 7.61. The molecule has 2 aromatic heterocycles. The summed E-state index contributed by atoms with van der Waals surface area (Å²) < 4.78 is 19.0. The summed E-state index contributed by atoms with van der Waals surface area (Å²) in [5.41, 5.74) is 5.21. The molecule has 0 aliphatic heterocycles. The minimum absolute atomic E-state index is 0.483. The van der Waals surface area contributed by atoms with Gasteiger partial charge >= 0.3 is 0 Å². The van der Waals surface area contributed by atoms with E-state index < -0.39 is 0 Å². The highest BCUT2D eigenvalue weighted by Crippen LogP contribution is 2.42. The monoisotopic (exact) mass is 614 g/mol. The number of methoxy groups -OCH3 is 3. The highest BCUT2D eigenvalue weighted by atomic mass is 35.5. The maximum atomic E-state index is 6.77. The fraction of sp³-hybridized carbons (Fsp3) is 0.135. The van der Waals surface area contributed by atoms with Gasteiger partial charge in [0.15, 0.2) is 17.1 Å². The Hall–Kier alpha value is -5.27. The van der Waals surface area contributed by atoms with Gasteiger partial charge in [-0.15, -0.1) is 0 Å². The third kappa shape index (κ3) is 5.36. The largest absolute Gasteiger partial charge is 0.497 e. The Balaban J connectivity index is 1.45. The minimum atomic E-state index is 0.483. The second-order valence-corrected chi connectivity index (χ2v) is 11.2. The average molecular weight is 615 g/mol. The van der Waals surface area contributed by atoms with Crippen molar-refractivity contribution in [2.45, 2.75) is 13.1 Å². The summed E-state index contributed by atoms with van der Waals surface area (Å²) in [6.07, 6.45) is 0. The van der Waals surface area contributed by atoms with E-state index in [1.54, 1.807) is 21.3 Å². The van der Waals surface area contributed by atoms with E-state index in [0.717, 1.165) is 55.8 Å². The number of nitrogens with zero attached hydrogens (tertiary/aromatic N) is 3. The van der Waals surface area contributed by atoms with Gasteiger partial charge in [0.2, 0.25) is 0 Å². The lowest BCUT2D eigenvalue weighted by Gasteiger charge is -2.14. The number of ether oxygens (including phenoxy) is 3. The van der Waals surface area contributed by atoms with E-state index in [0.29, 0.717) is 29.6 Å². The van der Waals surface area contributed by atoms with Gasteiger partial charge in [-0.25, -0.2) is 9.67 Å². The lowest BCUT2D eigenvalue weighted by Crippen LogP contribution is -2.05. The summed E-state index contributed by atoms with van der Waals surface area (Å²) in [6.45, 7) is 0.980. The van der Waals surface area contributed by atoms with Crippen molar-refractivity contribution in [3.05, 3.63) is 119 Å². The van der Waals surface area contributed by atoms with E-state index in [1.807, 2.05) is 59.3 Å². The summed E-state index contributed by atoms with van der Waals surface area (Å²) >= 11 is 6.77. The number of hydrogen-bond acceptors (Lipinski definition) is 6. The third-order valence-electron chi connectivity index (χ3n) is 8.07. The van der Waals surface area contributed by atoms with Gasteiger partial charge < -0.3 is 19.5 Å². The van der Waals surface area contributed by atoms with Crippen molar-refractivity contribution < 1.29 is 14.2 Å². The number of anilines is 1. The van der Waals surface area contributed by atoms with E-state index in [1.165, 1.54) is 10.8 Å². The molecule has 2 heterocycles. The molecule has 0 saturated heterocycles. The van der Waals surface area contributed by atoms with Crippen molar-refractivity contribution in [2.75, 3.05) is 26.6 Å². The molecule has 224 valence electrons. The van der Waals surface area contributed by atoms with E-state index in [4.69, 9.17) is 35.9 Å². The van der Waals surface area contributed by atoms with Crippen molar-refractivity contribution in [1.29, 1.82) is 0 Å². The maximum Gasteiger partial charge on any atom is 0.161 e. The zero-order valence-corrected chi connectivity index (χ0v) is 25.9. The predicted molar refractivity (Wildman–Crippen MR) is 182 cm³/mol. The number of fused-ring (bicyclic) bond motifs is 4. The summed E-state index contributed by atoms with van der Waals surface area (Å²) in [4.78, 5) is 5.28. The van der Waals surface area contributed by atoms with Gasteiger partial charge in [-0.3, -0.25) is 0 Å². The molecule has 0 aliphatic rings.